The van der Waals surface area contributed by atoms with E-state index in [9.17, 15) is 4.79 Å². The molecule has 0 bridgehead atoms. The molecular formula is C13H11BrClN3O. The molecule has 1 aromatic heterocycles. The van der Waals surface area contributed by atoms with Gasteiger partial charge in [0.05, 0.1) is 23.3 Å². The van der Waals surface area contributed by atoms with E-state index >= 15 is 0 Å². The van der Waals surface area contributed by atoms with Crippen molar-refractivity contribution in [2.75, 3.05) is 11.1 Å². The van der Waals surface area contributed by atoms with E-state index in [1.807, 2.05) is 0 Å². The average Bonchev–Trinajstić information content (AvgIpc) is 2.37. The summed E-state index contributed by atoms with van der Waals surface area (Å²) in [6, 6.07) is 8.67. The number of benzene rings is 1. The van der Waals surface area contributed by atoms with E-state index in [0.717, 1.165) is 4.47 Å². The predicted molar refractivity (Wildman–Crippen MR) is 80.1 cm³/mol. The van der Waals surface area contributed by atoms with Crippen molar-refractivity contribution in [2.45, 2.75) is 6.42 Å². The summed E-state index contributed by atoms with van der Waals surface area (Å²) in [6.07, 6.45) is 1.72. The number of anilines is 2. The average molecular weight is 341 g/mol. The van der Waals surface area contributed by atoms with Crippen LogP contribution in [-0.2, 0) is 11.2 Å². The minimum absolute atomic E-state index is 0.157. The number of nitrogens with zero attached hydrogens (tertiary/aromatic N) is 1. The normalized spacial score (nSPS) is 10.2. The fourth-order valence-corrected chi connectivity index (χ4v) is 1.91. The van der Waals surface area contributed by atoms with Crippen LogP contribution in [0.25, 0.3) is 0 Å². The van der Waals surface area contributed by atoms with E-state index in [1.54, 1.807) is 30.3 Å². The molecule has 2 aromatic rings. The van der Waals surface area contributed by atoms with Crippen molar-refractivity contribution in [3.63, 3.8) is 0 Å². The Kier molecular flexibility index (Phi) is 4.39. The fourth-order valence-electron chi connectivity index (χ4n) is 1.48. The van der Waals surface area contributed by atoms with Gasteiger partial charge >= 0.3 is 0 Å². The third-order valence-corrected chi connectivity index (χ3v) is 3.63. The van der Waals surface area contributed by atoms with Gasteiger partial charge in [0.15, 0.2) is 0 Å². The van der Waals surface area contributed by atoms with Gasteiger partial charge in [-0.05, 0) is 46.3 Å². The molecule has 0 aliphatic rings. The van der Waals surface area contributed by atoms with E-state index in [4.69, 9.17) is 17.3 Å². The van der Waals surface area contributed by atoms with Gasteiger partial charge in [-0.3, -0.25) is 9.78 Å². The number of nitrogen functional groups attached to an aromatic ring is 1. The summed E-state index contributed by atoms with van der Waals surface area (Å²) in [5, 5.41) is 3.30. The van der Waals surface area contributed by atoms with Crippen molar-refractivity contribution in [3.05, 3.63) is 51.7 Å². The lowest BCUT2D eigenvalue weighted by atomic mass is 10.2. The molecule has 0 aliphatic heterocycles. The van der Waals surface area contributed by atoms with E-state index in [1.165, 1.54) is 6.20 Å². The van der Waals surface area contributed by atoms with Crippen LogP contribution >= 0.6 is 27.5 Å². The van der Waals surface area contributed by atoms with E-state index < -0.39 is 0 Å². The van der Waals surface area contributed by atoms with Crippen LogP contribution in [0.4, 0.5) is 11.4 Å². The topological polar surface area (TPSA) is 68.0 Å². The van der Waals surface area contributed by atoms with Crippen LogP contribution in [0.2, 0.25) is 5.02 Å². The third kappa shape index (κ3) is 3.94. The van der Waals surface area contributed by atoms with E-state index in [-0.39, 0.29) is 12.3 Å². The highest BCUT2D eigenvalue weighted by molar-refractivity contribution is 9.10. The first kappa shape index (κ1) is 13.8. The number of aromatic nitrogens is 1. The molecule has 3 N–H and O–H groups in total. The first-order chi connectivity index (χ1) is 9.04. The lowest BCUT2D eigenvalue weighted by Crippen LogP contribution is -2.15. The molecule has 6 heteroatoms. The zero-order valence-electron chi connectivity index (χ0n) is 9.86. The fraction of sp³-hybridized carbons (Fsp3) is 0.0769. The summed E-state index contributed by atoms with van der Waals surface area (Å²) in [5.74, 6) is -0.157. The second kappa shape index (κ2) is 6.04. The number of carbonyl (C=O) groups is 1. The SMILES string of the molecule is Nc1ccc(CC(=O)Nc2ccc(Br)c(Cl)c2)nc1. The maximum atomic E-state index is 11.8. The first-order valence-electron chi connectivity index (χ1n) is 5.50. The van der Waals surface area contributed by atoms with Gasteiger partial charge in [-0.15, -0.1) is 0 Å². The highest BCUT2D eigenvalue weighted by atomic mass is 79.9. The van der Waals surface area contributed by atoms with Crippen molar-refractivity contribution in [1.82, 2.24) is 4.98 Å². The van der Waals surface area contributed by atoms with Gasteiger partial charge in [0.2, 0.25) is 5.91 Å². The summed E-state index contributed by atoms with van der Waals surface area (Å²) < 4.78 is 0.785. The highest BCUT2D eigenvalue weighted by Crippen LogP contribution is 2.25. The van der Waals surface area contributed by atoms with Gasteiger partial charge in [0.25, 0.3) is 0 Å². The standard InChI is InChI=1S/C13H11BrClN3O/c14-11-4-3-10(5-12(11)15)18-13(19)6-9-2-1-8(16)7-17-9/h1-5,7H,6,16H2,(H,18,19). The van der Waals surface area contributed by atoms with E-state index in [2.05, 4.69) is 26.2 Å². The van der Waals surface area contributed by atoms with Gasteiger partial charge in [0.1, 0.15) is 0 Å². The van der Waals surface area contributed by atoms with Crippen LogP contribution in [0.15, 0.2) is 41.0 Å². The highest BCUT2D eigenvalue weighted by Gasteiger charge is 2.06. The number of nitrogens with two attached hydrogens (primary N) is 1. The molecule has 0 fully saturated rings. The Hall–Kier alpha value is -1.59. The van der Waals surface area contributed by atoms with Crippen LogP contribution in [0.3, 0.4) is 0 Å². The molecule has 1 heterocycles. The molecule has 19 heavy (non-hydrogen) atoms. The predicted octanol–water partition coefficient (Wildman–Crippen LogP) is 3.26. The summed E-state index contributed by atoms with van der Waals surface area (Å²) in [6.45, 7) is 0. The van der Waals surface area contributed by atoms with Crippen molar-refractivity contribution in [1.29, 1.82) is 0 Å². The van der Waals surface area contributed by atoms with Crippen LogP contribution < -0.4 is 11.1 Å². The zero-order chi connectivity index (χ0) is 13.8. The monoisotopic (exact) mass is 339 g/mol. The molecule has 0 spiro atoms. The van der Waals surface area contributed by atoms with Gasteiger partial charge in [0, 0.05) is 15.9 Å². The largest absolute Gasteiger partial charge is 0.397 e. The number of hydrogen-bond acceptors (Lipinski definition) is 3. The van der Waals surface area contributed by atoms with Crippen molar-refractivity contribution in [3.8, 4) is 0 Å². The molecule has 0 saturated carbocycles. The molecule has 0 unspecified atom stereocenters. The molecule has 0 atom stereocenters. The molecule has 2 rings (SSSR count). The van der Waals surface area contributed by atoms with Crippen molar-refractivity contribution < 1.29 is 4.79 Å². The number of amides is 1. The van der Waals surface area contributed by atoms with Gasteiger partial charge < -0.3 is 11.1 Å². The maximum absolute atomic E-state index is 11.8. The Morgan fingerprint density at radius 3 is 2.79 bits per heavy atom. The van der Waals surface area contributed by atoms with E-state index in [0.29, 0.717) is 22.1 Å². The summed E-state index contributed by atoms with van der Waals surface area (Å²) in [5.41, 5.74) is 7.41. The number of carbonyl (C=O) groups excluding carboxylic acids is 1. The van der Waals surface area contributed by atoms with Crippen LogP contribution in [0, 0.1) is 0 Å². The van der Waals surface area contributed by atoms with Gasteiger partial charge in [-0.25, -0.2) is 0 Å². The summed E-state index contributed by atoms with van der Waals surface area (Å²) in [4.78, 5) is 15.9. The van der Waals surface area contributed by atoms with Gasteiger partial charge in [-0.2, -0.15) is 0 Å². The number of halogens is 2. The lowest BCUT2D eigenvalue weighted by Gasteiger charge is -2.06. The molecule has 0 aliphatic carbocycles. The lowest BCUT2D eigenvalue weighted by molar-refractivity contribution is -0.115. The smallest absolute Gasteiger partial charge is 0.230 e. The van der Waals surface area contributed by atoms with Gasteiger partial charge in [-0.1, -0.05) is 11.6 Å². The molecule has 0 radical (unpaired) electrons. The number of rotatable bonds is 3. The van der Waals surface area contributed by atoms with Crippen molar-refractivity contribution >= 4 is 44.8 Å². The Bertz CT molecular complexity index is 601. The third-order valence-electron chi connectivity index (χ3n) is 2.39. The number of nitrogens with one attached hydrogen (secondary N) is 1. The first-order valence-corrected chi connectivity index (χ1v) is 6.67. The number of pyridine rings is 1. The molecule has 0 saturated heterocycles. The summed E-state index contributed by atoms with van der Waals surface area (Å²) >= 11 is 9.24. The molecule has 1 amide bonds. The Morgan fingerprint density at radius 1 is 1.37 bits per heavy atom. The molecular weight excluding hydrogens is 330 g/mol. The molecule has 4 nitrogen and oxygen atoms in total. The second-order valence-corrected chi connectivity index (χ2v) is 5.20. The van der Waals surface area contributed by atoms with Crippen LogP contribution in [-0.4, -0.2) is 10.9 Å². The second-order valence-electron chi connectivity index (χ2n) is 3.94. The molecule has 1 aromatic carbocycles. The Balaban J connectivity index is 2.01. The molecule has 98 valence electrons. The van der Waals surface area contributed by atoms with Crippen molar-refractivity contribution in [2.24, 2.45) is 0 Å². The Morgan fingerprint density at radius 2 is 2.16 bits per heavy atom. The van der Waals surface area contributed by atoms with Crippen LogP contribution in [0.5, 0.6) is 0 Å². The zero-order valence-corrected chi connectivity index (χ0v) is 12.2. The minimum atomic E-state index is -0.157. The van der Waals surface area contributed by atoms with Crippen LogP contribution in [0.1, 0.15) is 5.69 Å². The maximum Gasteiger partial charge on any atom is 0.230 e. The summed E-state index contributed by atoms with van der Waals surface area (Å²) in [7, 11) is 0. The minimum Gasteiger partial charge on any atom is -0.397 e. The quantitative estimate of drug-likeness (QED) is 0.901. The number of hydrogen-bond donors (Lipinski definition) is 2. The Labute approximate surface area is 124 Å².